The van der Waals surface area contributed by atoms with E-state index in [0.29, 0.717) is 16.2 Å². The molecular formula is C143H130N6. The van der Waals surface area contributed by atoms with Crippen molar-refractivity contribution in [1.82, 2.24) is 0 Å². The zero-order valence-electron chi connectivity index (χ0n) is 85.8. The van der Waals surface area contributed by atoms with Crippen LogP contribution in [0.3, 0.4) is 0 Å². The fourth-order valence-electron chi connectivity index (χ4n) is 32.1. The number of anilines is 18. The molecule has 15 aliphatic carbocycles. The van der Waals surface area contributed by atoms with Crippen molar-refractivity contribution in [3.05, 3.63) is 505 Å². The summed E-state index contributed by atoms with van der Waals surface area (Å²) in [7, 11) is 0. The lowest BCUT2D eigenvalue weighted by Crippen LogP contribution is -2.48. The van der Waals surface area contributed by atoms with E-state index in [1.807, 2.05) is 0 Å². The van der Waals surface area contributed by atoms with E-state index < -0.39 is 0 Å². The summed E-state index contributed by atoms with van der Waals surface area (Å²) in [4.78, 5) is 14.5. The Morgan fingerprint density at radius 2 is 0.356 bits per heavy atom. The van der Waals surface area contributed by atoms with Crippen molar-refractivity contribution in [1.29, 1.82) is 0 Å². The van der Waals surface area contributed by atoms with Gasteiger partial charge in [0.15, 0.2) is 0 Å². The van der Waals surface area contributed by atoms with E-state index in [2.05, 4.69) is 498 Å². The molecule has 12 fully saturated rings. The van der Waals surface area contributed by atoms with Gasteiger partial charge in [-0.25, -0.2) is 0 Å². The fraction of sp³-hybridized carbons (Fsp3) is 0.245. The first-order valence-electron chi connectivity index (χ1n) is 55.7. The quantitative estimate of drug-likeness (QED) is 0.0709. The van der Waals surface area contributed by atoms with Gasteiger partial charge in [-0.3, -0.25) is 0 Å². The second-order valence-corrected chi connectivity index (χ2v) is 47.1. The van der Waals surface area contributed by atoms with E-state index in [4.69, 9.17) is 0 Å². The van der Waals surface area contributed by atoms with Crippen molar-refractivity contribution < 1.29 is 0 Å². The molecule has 33 rings (SSSR count). The van der Waals surface area contributed by atoms with Crippen molar-refractivity contribution >= 4 is 102 Å². The Labute approximate surface area is 881 Å². The van der Waals surface area contributed by atoms with E-state index in [0.717, 1.165) is 117 Å². The number of nitrogens with zero attached hydrogens (tertiary/aromatic N) is 6. The number of rotatable bonds is 21. The zero-order chi connectivity index (χ0) is 98.9. The molecular weight excluding hydrogens is 1800 g/mol. The predicted molar refractivity (Wildman–Crippen MR) is 621 cm³/mol. The second kappa shape index (κ2) is 37.5. The van der Waals surface area contributed by atoms with Crippen LogP contribution < -0.4 is 29.4 Å². The van der Waals surface area contributed by atoms with Crippen molar-refractivity contribution in [2.45, 2.75) is 164 Å². The minimum Gasteiger partial charge on any atom is -0.310 e. The van der Waals surface area contributed by atoms with Gasteiger partial charge in [0.05, 0.1) is 0 Å². The highest BCUT2D eigenvalue weighted by Crippen LogP contribution is 2.66. The normalized spacial score (nSPS) is 23.0. The molecule has 0 spiro atoms. The van der Waals surface area contributed by atoms with Crippen LogP contribution in [-0.2, 0) is 34.5 Å². The SMILES string of the molecule is CC1(C)c2ccccc2-c2ccc(N(c3ccccc3)c3cccc(N(c4ccccc4)c4ccc(C56CC7CC(CC(C7)C5)C6)cc4)c3)cc21.c1ccc(N(c2ccc(C34CC5CC(CC(C5)C3)C4)cc2)c2cccc(N(c3ccccc3)c3ccc4c(c3)-c3ccccc3C4)c2)cc1.c1ccc(N(c2ccc(C34CC5CC(CC(C5)C3)C4)cc2)c2cccc(N(c3ccccc3)c3ccc4c(c3)-c3ccccc3C4)c2)cc1. The molecule has 18 aromatic rings. The van der Waals surface area contributed by atoms with Crippen LogP contribution in [-0.4, -0.2) is 0 Å². The van der Waals surface area contributed by atoms with Gasteiger partial charge in [0, 0.05) is 108 Å². The lowest BCUT2D eigenvalue weighted by Gasteiger charge is -2.57. The van der Waals surface area contributed by atoms with Crippen LogP contribution in [0.1, 0.15) is 179 Å². The molecule has 732 valence electrons. The summed E-state index contributed by atoms with van der Waals surface area (Å²) in [6, 6.07) is 169. The summed E-state index contributed by atoms with van der Waals surface area (Å²) in [5.41, 5.74) is 43.3. The molecule has 149 heavy (non-hydrogen) atoms. The third-order valence-corrected chi connectivity index (χ3v) is 37.4. The summed E-state index contributed by atoms with van der Waals surface area (Å²) in [5, 5.41) is 0. The van der Waals surface area contributed by atoms with Gasteiger partial charge in [-0.15, -0.1) is 0 Å². The largest absolute Gasteiger partial charge is 0.310 e. The number of para-hydroxylation sites is 6. The van der Waals surface area contributed by atoms with Crippen molar-refractivity contribution in [3.63, 3.8) is 0 Å². The van der Waals surface area contributed by atoms with Gasteiger partial charge < -0.3 is 29.4 Å². The smallest absolute Gasteiger partial charge is 0.0482 e. The van der Waals surface area contributed by atoms with Crippen LogP contribution in [0.5, 0.6) is 0 Å². The average Bonchev–Trinajstić information content (AvgIpc) is 1.22. The van der Waals surface area contributed by atoms with E-state index in [9.17, 15) is 0 Å². The molecule has 0 amide bonds. The van der Waals surface area contributed by atoms with E-state index in [-0.39, 0.29) is 5.41 Å². The Bertz CT molecular complexity index is 7560. The van der Waals surface area contributed by atoms with Crippen LogP contribution >= 0.6 is 0 Å². The predicted octanol–water partition coefficient (Wildman–Crippen LogP) is 38.7. The first-order chi connectivity index (χ1) is 73.3. The third kappa shape index (κ3) is 16.8. The van der Waals surface area contributed by atoms with E-state index in [1.165, 1.54) is 234 Å². The minimum atomic E-state index is -0.0708. The van der Waals surface area contributed by atoms with Gasteiger partial charge in [-0.1, -0.05) is 269 Å². The molecule has 15 aliphatic rings. The van der Waals surface area contributed by atoms with Crippen LogP contribution in [0.15, 0.2) is 455 Å². The first-order valence-corrected chi connectivity index (χ1v) is 55.7. The molecule has 0 atom stereocenters. The maximum Gasteiger partial charge on any atom is 0.0482 e. The van der Waals surface area contributed by atoms with Crippen LogP contribution in [0.25, 0.3) is 33.4 Å². The maximum atomic E-state index is 2.48. The summed E-state index contributed by atoms with van der Waals surface area (Å²) in [5.74, 6) is 8.51. The summed E-state index contributed by atoms with van der Waals surface area (Å²) in [6.45, 7) is 4.72. The van der Waals surface area contributed by atoms with E-state index in [1.54, 1.807) is 16.7 Å². The highest BCUT2D eigenvalue weighted by molar-refractivity contribution is 5.92. The molecule has 12 saturated carbocycles. The highest BCUT2D eigenvalue weighted by atomic mass is 15.2. The summed E-state index contributed by atoms with van der Waals surface area (Å²) < 4.78 is 0. The molecule has 0 aromatic heterocycles. The number of fused-ring (bicyclic) bond motifs is 9. The Balaban J connectivity index is 0.000000108. The van der Waals surface area contributed by atoms with Crippen LogP contribution in [0.2, 0.25) is 0 Å². The standard InChI is InChI=1S/C49H46N2.2C47H42N2/c1-48(2)46-19-10-9-18-44(46)45-25-24-43(30-47(45)48)51(39-14-7-4-8-15-39)42-17-11-16-41(29-42)50(38-12-5-3-6-13-38)40-22-20-37(21-23-40)49-31-34-26-35(32-49)28-36(27-34)33-49;2*1-3-11-39(12-4-1)48(41-22-19-38(20-23-41)47-30-33-24-34(31-47)26-35(25-33)32-47)42-15-9-16-43(28-42)49(40-13-5-2-6-14-40)44-21-18-37-27-36-10-7-8-17-45(36)46(37)29-44/h3-25,29-30,34-36H,26-28,31-33H2,1-2H3;2*1-23,28-29,33-35H,24-27,30-32H2. The molecule has 0 radical (unpaired) electrons. The van der Waals surface area contributed by atoms with Gasteiger partial charge in [-0.2, -0.15) is 0 Å². The van der Waals surface area contributed by atoms with Crippen LogP contribution in [0.4, 0.5) is 102 Å². The number of hydrogen-bond donors (Lipinski definition) is 0. The Morgan fingerprint density at radius 3 is 0.644 bits per heavy atom. The molecule has 12 bridgehead atoms. The molecule has 0 N–H and O–H groups in total. The monoisotopic (exact) mass is 1930 g/mol. The lowest BCUT2D eigenvalue weighted by molar-refractivity contribution is -0.00530. The Morgan fingerprint density at radius 1 is 0.154 bits per heavy atom. The molecule has 0 saturated heterocycles. The van der Waals surface area contributed by atoms with Gasteiger partial charge in [-0.05, 0) is 482 Å². The van der Waals surface area contributed by atoms with Gasteiger partial charge >= 0.3 is 0 Å². The van der Waals surface area contributed by atoms with Crippen molar-refractivity contribution in [2.75, 3.05) is 29.4 Å². The average molecular weight is 1930 g/mol. The van der Waals surface area contributed by atoms with Gasteiger partial charge in [0.2, 0.25) is 0 Å². The van der Waals surface area contributed by atoms with Crippen molar-refractivity contribution in [2.24, 2.45) is 53.3 Å². The lowest BCUT2D eigenvalue weighted by atomic mass is 9.48. The topological polar surface area (TPSA) is 19.4 Å². The summed E-state index contributed by atoms with van der Waals surface area (Å²) >= 11 is 0. The van der Waals surface area contributed by atoms with E-state index >= 15 is 0 Å². The highest BCUT2D eigenvalue weighted by Gasteiger charge is 2.55. The van der Waals surface area contributed by atoms with Crippen molar-refractivity contribution in [3.8, 4) is 33.4 Å². The Kier molecular flexibility index (Phi) is 23.0. The molecule has 6 heteroatoms. The molecule has 0 aliphatic heterocycles. The zero-order valence-corrected chi connectivity index (χ0v) is 85.8. The maximum absolute atomic E-state index is 2.48. The number of benzene rings is 18. The van der Waals surface area contributed by atoms with Crippen LogP contribution in [0, 0.1) is 53.3 Å². The first kappa shape index (κ1) is 91.2. The minimum absolute atomic E-state index is 0.0708. The Hall–Kier alpha value is -15.2. The summed E-state index contributed by atoms with van der Waals surface area (Å²) in [6.07, 6.45) is 27.9. The number of hydrogen-bond acceptors (Lipinski definition) is 6. The van der Waals surface area contributed by atoms with Gasteiger partial charge in [0.25, 0.3) is 0 Å². The second-order valence-electron chi connectivity index (χ2n) is 47.1. The van der Waals surface area contributed by atoms with Gasteiger partial charge in [0.1, 0.15) is 0 Å². The molecule has 0 unspecified atom stereocenters. The third-order valence-electron chi connectivity index (χ3n) is 37.4. The molecule has 0 heterocycles. The molecule has 18 aromatic carbocycles. The molecule has 6 nitrogen and oxygen atoms in total. The fourth-order valence-corrected chi connectivity index (χ4v) is 32.1.